The van der Waals surface area contributed by atoms with Crippen LogP contribution < -0.4 is 14.8 Å². The summed E-state index contributed by atoms with van der Waals surface area (Å²) < 4.78 is 11.2. The molecule has 4 heteroatoms. The molecule has 1 aromatic rings. The Bertz CT molecular complexity index is 508. The summed E-state index contributed by atoms with van der Waals surface area (Å²) in [6.07, 6.45) is 3.75. The zero-order valence-corrected chi connectivity index (χ0v) is 11.9. The van der Waals surface area contributed by atoms with Gasteiger partial charge in [0.15, 0.2) is 11.5 Å². The van der Waals surface area contributed by atoms with Crippen molar-refractivity contribution in [3.05, 3.63) is 23.8 Å². The molecule has 1 fully saturated rings. The van der Waals surface area contributed by atoms with E-state index in [1.54, 1.807) is 0 Å². The Labute approximate surface area is 119 Å². The van der Waals surface area contributed by atoms with Gasteiger partial charge in [-0.1, -0.05) is 13.0 Å². The number of carbonyl (C=O) groups is 1. The van der Waals surface area contributed by atoms with E-state index >= 15 is 0 Å². The quantitative estimate of drug-likeness (QED) is 0.897. The van der Waals surface area contributed by atoms with Gasteiger partial charge in [0.1, 0.15) is 13.2 Å². The van der Waals surface area contributed by atoms with Crippen molar-refractivity contribution in [1.29, 1.82) is 0 Å². The van der Waals surface area contributed by atoms with E-state index < -0.39 is 0 Å². The first kappa shape index (κ1) is 13.3. The van der Waals surface area contributed by atoms with E-state index in [-0.39, 0.29) is 11.3 Å². The number of nitrogens with one attached hydrogen (secondary N) is 1. The van der Waals surface area contributed by atoms with Gasteiger partial charge in [-0.05, 0) is 37.0 Å². The van der Waals surface area contributed by atoms with Gasteiger partial charge in [0.2, 0.25) is 5.91 Å². The van der Waals surface area contributed by atoms with E-state index in [1.807, 2.05) is 13.0 Å². The van der Waals surface area contributed by atoms with Crippen molar-refractivity contribution >= 4 is 5.91 Å². The lowest BCUT2D eigenvalue weighted by Gasteiger charge is -2.22. The van der Waals surface area contributed by atoms with E-state index in [0.717, 1.165) is 37.3 Å². The third-order valence-corrected chi connectivity index (χ3v) is 4.11. The van der Waals surface area contributed by atoms with Crippen LogP contribution >= 0.6 is 0 Å². The fourth-order valence-corrected chi connectivity index (χ4v) is 2.67. The molecule has 1 saturated carbocycles. The van der Waals surface area contributed by atoms with Crippen molar-refractivity contribution in [1.82, 2.24) is 5.32 Å². The van der Waals surface area contributed by atoms with Crippen LogP contribution in [-0.4, -0.2) is 25.7 Å². The second-order valence-corrected chi connectivity index (χ2v) is 5.67. The summed E-state index contributed by atoms with van der Waals surface area (Å²) in [5, 5.41) is 3.05. The summed E-state index contributed by atoms with van der Waals surface area (Å²) in [4.78, 5) is 11.6. The number of hydrogen-bond acceptors (Lipinski definition) is 3. The topological polar surface area (TPSA) is 47.6 Å². The molecule has 0 spiro atoms. The first-order valence-electron chi connectivity index (χ1n) is 7.40. The molecule has 1 aliphatic carbocycles. The van der Waals surface area contributed by atoms with Gasteiger partial charge in [-0.2, -0.15) is 0 Å². The predicted octanol–water partition coefficient (Wildman–Crippen LogP) is 2.41. The summed E-state index contributed by atoms with van der Waals surface area (Å²) in [5.74, 6) is 1.81. The van der Waals surface area contributed by atoms with Crippen LogP contribution in [0.15, 0.2) is 18.2 Å². The Hall–Kier alpha value is -1.71. The molecule has 1 amide bonds. The second kappa shape index (κ2) is 5.35. The normalized spacial score (nSPS) is 18.4. The van der Waals surface area contributed by atoms with E-state index in [0.29, 0.717) is 19.6 Å². The van der Waals surface area contributed by atoms with Gasteiger partial charge < -0.3 is 14.8 Å². The molecule has 1 N–H and O–H groups in total. The maximum absolute atomic E-state index is 11.6. The zero-order chi connectivity index (χ0) is 14.0. The molecule has 2 aliphatic rings. The number of fused-ring (bicyclic) bond motifs is 1. The number of hydrogen-bond donors (Lipinski definition) is 1. The highest BCUT2D eigenvalue weighted by molar-refractivity contribution is 5.76. The Kier molecular flexibility index (Phi) is 3.55. The van der Waals surface area contributed by atoms with E-state index in [2.05, 4.69) is 17.4 Å². The third kappa shape index (κ3) is 2.60. The molecule has 0 radical (unpaired) electrons. The van der Waals surface area contributed by atoms with Crippen molar-refractivity contribution in [2.75, 3.05) is 19.8 Å². The smallest absolute Gasteiger partial charge is 0.220 e. The van der Waals surface area contributed by atoms with Gasteiger partial charge in [-0.25, -0.2) is 0 Å². The molecular weight excluding hydrogens is 254 g/mol. The number of amides is 1. The van der Waals surface area contributed by atoms with Crippen molar-refractivity contribution < 1.29 is 14.3 Å². The van der Waals surface area contributed by atoms with Gasteiger partial charge in [-0.15, -0.1) is 0 Å². The lowest BCUT2D eigenvalue weighted by Crippen LogP contribution is -2.32. The lowest BCUT2D eigenvalue weighted by atomic mass is 9.95. The van der Waals surface area contributed by atoms with Crippen LogP contribution in [0.1, 0.15) is 38.2 Å². The molecular formula is C16H21NO3. The molecule has 1 aliphatic heterocycles. The van der Waals surface area contributed by atoms with Crippen LogP contribution in [0.4, 0.5) is 0 Å². The first-order valence-corrected chi connectivity index (χ1v) is 7.40. The molecule has 0 saturated heterocycles. The van der Waals surface area contributed by atoms with Crippen LogP contribution in [-0.2, 0) is 10.2 Å². The molecule has 108 valence electrons. The lowest BCUT2D eigenvalue weighted by molar-refractivity contribution is -0.121. The minimum absolute atomic E-state index is 0.110. The average Bonchev–Trinajstić information content (AvgIpc) is 3.26. The van der Waals surface area contributed by atoms with Crippen LogP contribution in [0, 0.1) is 0 Å². The SMILES string of the molecule is CCCC(=O)NCC1(c2ccc3c(c2)OCCO3)CC1. The number of carbonyl (C=O) groups excluding carboxylic acids is 1. The highest BCUT2D eigenvalue weighted by atomic mass is 16.6. The number of ether oxygens (including phenoxy) is 2. The Morgan fingerprint density at radius 1 is 1.25 bits per heavy atom. The largest absolute Gasteiger partial charge is 0.486 e. The van der Waals surface area contributed by atoms with Crippen molar-refractivity contribution in [3.63, 3.8) is 0 Å². The molecule has 4 nitrogen and oxygen atoms in total. The van der Waals surface area contributed by atoms with E-state index in [9.17, 15) is 4.79 Å². The van der Waals surface area contributed by atoms with E-state index in [1.165, 1.54) is 5.56 Å². The zero-order valence-electron chi connectivity index (χ0n) is 11.9. The maximum Gasteiger partial charge on any atom is 0.220 e. The highest BCUT2D eigenvalue weighted by Crippen LogP contribution is 2.49. The monoisotopic (exact) mass is 275 g/mol. The summed E-state index contributed by atoms with van der Waals surface area (Å²) in [7, 11) is 0. The Morgan fingerprint density at radius 2 is 2.00 bits per heavy atom. The minimum Gasteiger partial charge on any atom is -0.486 e. The predicted molar refractivity (Wildman–Crippen MR) is 76.3 cm³/mol. The third-order valence-electron chi connectivity index (χ3n) is 4.11. The molecule has 1 aromatic carbocycles. The van der Waals surface area contributed by atoms with Gasteiger partial charge in [0.25, 0.3) is 0 Å². The number of benzene rings is 1. The average molecular weight is 275 g/mol. The maximum atomic E-state index is 11.6. The molecule has 0 aromatic heterocycles. The second-order valence-electron chi connectivity index (χ2n) is 5.67. The minimum atomic E-state index is 0.110. The highest BCUT2D eigenvalue weighted by Gasteiger charge is 2.44. The molecule has 3 rings (SSSR count). The van der Waals surface area contributed by atoms with Crippen LogP contribution in [0.2, 0.25) is 0 Å². The molecule has 20 heavy (non-hydrogen) atoms. The molecule has 0 atom stereocenters. The van der Waals surface area contributed by atoms with Gasteiger partial charge in [0.05, 0.1) is 0 Å². The van der Waals surface area contributed by atoms with Crippen LogP contribution in [0.3, 0.4) is 0 Å². The first-order chi connectivity index (χ1) is 9.73. The van der Waals surface area contributed by atoms with Crippen LogP contribution in [0.25, 0.3) is 0 Å². The summed E-state index contributed by atoms with van der Waals surface area (Å²) in [6, 6.07) is 6.16. The van der Waals surface area contributed by atoms with Crippen molar-refractivity contribution in [3.8, 4) is 11.5 Å². The van der Waals surface area contributed by atoms with Crippen LogP contribution in [0.5, 0.6) is 11.5 Å². The molecule has 0 unspecified atom stereocenters. The van der Waals surface area contributed by atoms with E-state index in [4.69, 9.17) is 9.47 Å². The summed E-state index contributed by atoms with van der Waals surface area (Å²) >= 11 is 0. The summed E-state index contributed by atoms with van der Waals surface area (Å²) in [6.45, 7) is 3.97. The standard InChI is InChI=1S/C16H21NO3/c1-2-3-15(18)17-11-16(6-7-16)12-4-5-13-14(10-12)20-9-8-19-13/h4-5,10H,2-3,6-9,11H2,1H3,(H,17,18). The van der Waals surface area contributed by atoms with Gasteiger partial charge in [0, 0.05) is 18.4 Å². The van der Waals surface area contributed by atoms with Crippen molar-refractivity contribution in [2.45, 2.75) is 38.0 Å². The Morgan fingerprint density at radius 3 is 2.70 bits per heavy atom. The number of rotatable bonds is 5. The fraction of sp³-hybridized carbons (Fsp3) is 0.562. The fourth-order valence-electron chi connectivity index (χ4n) is 2.67. The molecule has 1 heterocycles. The van der Waals surface area contributed by atoms with Gasteiger partial charge >= 0.3 is 0 Å². The van der Waals surface area contributed by atoms with Gasteiger partial charge in [-0.3, -0.25) is 4.79 Å². The van der Waals surface area contributed by atoms with Crippen molar-refractivity contribution in [2.24, 2.45) is 0 Å². The summed E-state index contributed by atoms with van der Waals surface area (Å²) in [5.41, 5.74) is 1.36. The Balaban J connectivity index is 1.70. The molecule has 0 bridgehead atoms.